The Balaban J connectivity index is 2.85. The molecule has 0 spiro atoms. The van der Waals surface area contributed by atoms with Crippen LogP contribution in [-0.4, -0.2) is 18.5 Å². The van der Waals surface area contributed by atoms with Crippen LogP contribution in [0.25, 0.3) is 0 Å². The Labute approximate surface area is 99.8 Å². The van der Waals surface area contributed by atoms with E-state index in [2.05, 4.69) is 20.8 Å². The molecule has 2 nitrogen and oxygen atoms in total. The fourth-order valence-corrected chi connectivity index (χ4v) is 3.03. The maximum absolute atomic E-state index is 12.4. The van der Waals surface area contributed by atoms with Gasteiger partial charge >= 0.3 is 0 Å². The van der Waals surface area contributed by atoms with E-state index >= 15 is 0 Å². The van der Waals surface area contributed by atoms with Gasteiger partial charge < -0.3 is 4.74 Å². The maximum atomic E-state index is 12.4. The average Bonchev–Trinajstić information content (AvgIpc) is 2.25. The fourth-order valence-electron chi connectivity index (χ4n) is 3.03. The molecule has 0 bridgehead atoms. The van der Waals surface area contributed by atoms with Crippen molar-refractivity contribution in [2.24, 2.45) is 5.41 Å². The van der Waals surface area contributed by atoms with Gasteiger partial charge in [-0.1, -0.05) is 40.0 Å². The van der Waals surface area contributed by atoms with Crippen LogP contribution in [0.2, 0.25) is 0 Å². The molecule has 2 heteroatoms. The molecule has 1 aliphatic rings. The zero-order chi connectivity index (χ0) is 12.2. The lowest BCUT2D eigenvalue weighted by atomic mass is 9.63. The molecular weight excluding hydrogens is 200 g/mol. The van der Waals surface area contributed by atoms with E-state index in [4.69, 9.17) is 4.74 Å². The smallest absolute Gasteiger partial charge is 0.165 e. The molecule has 1 rings (SSSR count). The molecule has 1 fully saturated rings. The van der Waals surface area contributed by atoms with E-state index < -0.39 is 5.60 Å². The highest BCUT2D eigenvalue weighted by Gasteiger charge is 2.51. The van der Waals surface area contributed by atoms with Crippen molar-refractivity contribution in [2.75, 3.05) is 7.11 Å². The first-order chi connectivity index (χ1) is 7.50. The van der Waals surface area contributed by atoms with Gasteiger partial charge in [-0.25, -0.2) is 0 Å². The quantitative estimate of drug-likeness (QED) is 0.714. The van der Waals surface area contributed by atoms with Crippen LogP contribution >= 0.6 is 0 Å². The molecule has 0 heterocycles. The topological polar surface area (TPSA) is 26.3 Å². The summed E-state index contributed by atoms with van der Waals surface area (Å²) in [6.07, 6.45) is 7.08. The highest BCUT2D eigenvalue weighted by molar-refractivity contribution is 5.88. The maximum Gasteiger partial charge on any atom is 0.165 e. The number of methoxy groups -OCH3 is 1. The summed E-state index contributed by atoms with van der Waals surface area (Å²) in [5, 5.41) is 0. The molecule has 0 amide bonds. The molecule has 0 radical (unpaired) electrons. The van der Waals surface area contributed by atoms with Gasteiger partial charge in [0.25, 0.3) is 0 Å². The molecule has 0 aromatic carbocycles. The summed E-state index contributed by atoms with van der Waals surface area (Å²) in [4.78, 5) is 12.4. The van der Waals surface area contributed by atoms with E-state index in [0.29, 0.717) is 12.2 Å². The molecule has 1 aliphatic carbocycles. The standard InChI is InChI=1S/C14H26O2/c1-5-6-9-12(15)14(16-4)11-8-7-10-13(14,2)3/h5-11H2,1-4H3. The van der Waals surface area contributed by atoms with Gasteiger partial charge in [-0.15, -0.1) is 0 Å². The van der Waals surface area contributed by atoms with E-state index in [0.717, 1.165) is 32.1 Å². The van der Waals surface area contributed by atoms with Crippen molar-refractivity contribution in [1.29, 1.82) is 0 Å². The van der Waals surface area contributed by atoms with Crippen LogP contribution in [0.1, 0.15) is 65.7 Å². The lowest BCUT2D eigenvalue weighted by molar-refractivity contribution is -0.166. The first kappa shape index (κ1) is 13.7. The molecule has 0 aliphatic heterocycles. The van der Waals surface area contributed by atoms with Gasteiger partial charge in [-0.2, -0.15) is 0 Å². The Bertz CT molecular complexity index is 245. The highest BCUT2D eigenvalue weighted by atomic mass is 16.5. The van der Waals surface area contributed by atoms with Gasteiger partial charge in [0.05, 0.1) is 0 Å². The van der Waals surface area contributed by atoms with Gasteiger partial charge in [-0.3, -0.25) is 4.79 Å². The van der Waals surface area contributed by atoms with Crippen molar-refractivity contribution in [2.45, 2.75) is 71.3 Å². The number of carbonyl (C=O) groups is 1. The van der Waals surface area contributed by atoms with E-state index in [1.807, 2.05) is 0 Å². The van der Waals surface area contributed by atoms with Crippen LogP contribution in [0.5, 0.6) is 0 Å². The first-order valence-corrected chi connectivity index (χ1v) is 6.58. The Morgan fingerprint density at radius 2 is 1.88 bits per heavy atom. The molecule has 0 N–H and O–H groups in total. The second-order valence-electron chi connectivity index (χ2n) is 5.65. The summed E-state index contributed by atoms with van der Waals surface area (Å²) in [6.45, 7) is 6.48. The number of carbonyl (C=O) groups excluding carboxylic acids is 1. The number of rotatable bonds is 5. The predicted molar refractivity (Wildman–Crippen MR) is 66.5 cm³/mol. The third kappa shape index (κ3) is 2.32. The average molecular weight is 226 g/mol. The Kier molecular flexibility index (Phi) is 4.54. The fraction of sp³-hybridized carbons (Fsp3) is 0.929. The first-order valence-electron chi connectivity index (χ1n) is 6.58. The largest absolute Gasteiger partial charge is 0.370 e. The summed E-state index contributed by atoms with van der Waals surface area (Å²) < 4.78 is 5.70. The van der Waals surface area contributed by atoms with Gasteiger partial charge in [-0.05, 0) is 19.3 Å². The Hall–Kier alpha value is -0.370. The Morgan fingerprint density at radius 3 is 2.38 bits per heavy atom. The normalized spacial score (nSPS) is 29.0. The SMILES string of the molecule is CCCCC(=O)C1(OC)CCCCC1(C)C. The van der Waals surface area contributed by atoms with E-state index in [9.17, 15) is 4.79 Å². The number of hydrogen-bond acceptors (Lipinski definition) is 2. The summed E-state index contributed by atoms with van der Waals surface area (Å²) >= 11 is 0. The predicted octanol–water partition coefficient (Wildman–Crippen LogP) is 3.73. The second kappa shape index (κ2) is 5.31. The van der Waals surface area contributed by atoms with Crippen LogP contribution < -0.4 is 0 Å². The minimum absolute atomic E-state index is 0.00910. The molecule has 0 saturated heterocycles. The molecule has 1 unspecified atom stereocenters. The Morgan fingerprint density at radius 1 is 1.25 bits per heavy atom. The van der Waals surface area contributed by atoms with E-state index in [-0.39, 0.29) is 5.41 Å². The van der Waals surface area contributed by atoms with Crippen LogP contribution in [-0.2, 0) is 9.53 Å². The lowest BCUT2D eigenvalue weighted by Gasteiger charge is -2.48. The van der Waals surface area contributed by atoms with E-state index in [1.165, 1.54) is 6.42 Å². The van der Waals surface area contributed by atoms with E-state index in [1.54, 1.807) is 7.11 Å². The van der Waals surface area contributed by atoms with Gasteiger partial charge in [0.15, 0.2) is 5.78 Å². The lowest BCUT2D eigenvalue weighted by Crippen LogP contribution is -2.54. The van der Waals surface area contributed by atoms with Crippen molar-refractivity contribution in [1.82, 2.24) is 0 Å². The van der Waals surface area contributed by atoms with Crippen LogP contribution in [0.15, 0.2) is 0 Å². The second-order valence-corrected chi connectivity index (χ2v) is 5.65. The number of Topliss-reactive ketones (excluding diaryl/α,β-unsaturated/α-hetero) is 1. The summed E-state index contributed by atoms with van der Waals surface area (Å²) in [5.41, 5.74) is -0.523. The number of ketones is 1. The molecule has 1 saturated carbocycles. The number of unbranched alkanes of at least 4 members (excludes halogenated alkanes) is 1. The van der Waals surface area contributed by atoms with Gasteiger partial charge in [0.1, 0.15) is 5.60 Å². The zero-order valence-corrected chi connectivity index (χ0v) is 11.3. The molecule has 0 aromatic heterocycles. The molecule has 94 valence electrons. The monoisotopic (exact) mass is 226 g/mol. The molecule has 1 atom stereocenters. The molecule has 16 heavy (non-hydrogen) atoms. The molecular formula is C14H26O2. The van der Waals surface area contributed by atoms with Crippen molar-refractivity contribution in [3.05, 3.63) is 0 Å². The minimum Gasteiger partial charge on any atom is -0.370 e. The number of hydrogen-bond donors (Lipinski definition) is 0. The molecule has 0 aromatic rings. The van der Waals surface area contributed by atoms with Gasteiger partial charge in [0.2, 0.25) is 0 Å². The summed E-state index contributed by atoms with van der Waals surface area (Å²) in [5.74, 6) is 0.321. The van der Waals surface area contributed by atoms with Gasteiger partial charge in [0, 0.05) is 18.9 Å². The van der Waals surface area contributed by atoms with Crippen molar-refractivity contribution >= 4 is 5.78 Å². The third-order valence-corrected chi connectivity index (χ3v) is 4.23. The van der Waals surface area contributed by atoms with Crippen molar-refractivity contribution in [3.8, 4) is 0 Å². The van der Waals surface area contributed by atoms with Crippen LogP contribution in [0, 0.1) is 5.41 Å². The van der Waals surface area contributed by atoms with Crippen LogP contribution in [0.3, 0.4) is 0 Å². The summed E-state index contributed by atoms with van der Waals surface area (Å²) in [6, 6.07) is 0. The van der Waals surface area contributed by atoms with Crippen LogP contribution in [0.4, 0.5) is 0 Å². The third-order valence-electron chi connectivity index (χ3n) is 4.23. The highest BCUT2D eigenvalue weighted by Crippen LogP contribution is 2.47. The number of ether oxygens (including phenoxy) is 1. The van der Waals surface area contributed by atoms with Crippen molar-refractivity contribution < 1.29 is 9.53 Å². The van der Waals surface area contributed by atoms with Crippen molar-refractivity contribution in [3.63, 3.8) is 0 Å². The minimum atomic E-state index is -0.513. The summed E-state index contributed by atoms with van der Waals surface area (Å²) in [7, 11) is 1.71. The zero-order valence-electron chi connectivity index (χ0n) is 11.3.